The van der Waals surface area contributed by atoms with Crippen LogP contribution in [0.4, 0.5) is 10.1 Å². The first-order valence-electron chi connectivity index (χ1n) is 9.94. The van der Waals surface area contributed by atoms with Gasteiger partial charge in [-0.15, -0.1) is 0 Å². The van der Waals surface area contributed by atoms with Crippen molar-refractivity contribution in [1.29, 1.82) is 0 Å². The maximum atomic E-state index is 13.8. The number of benzene rings is 2. The van der Waals surface area contributed by atoms with Crippen LogP contribution >= 0.6 is 0 Å². The first-order chi connectivity index (χ1) is 14.2. The molecule has 0 bridgehead atoms. The van der Waals surface area contributed by atoms with E-state index >= 15 is 0 Å². The Labute approximate surface area is 169 Å². The van der Waals surface area contributed by atoms with Gasteiger partial charge in [0.15, 0.2) is 0 Å². The predicted octanol–water partition coefficient (Wildman–Crippen LogP) is 4.55. The molecule has 29 heavy (non-hydrogen) atoms. The van der Waals surface area contributed by atoms with Gasteiger partial charge in [0.2, 0.25) is 5.91 Å². The van der Waals surface area contributed by atoms with Crippen LogP contribution in [0.5, 0.6) is 5.75 Å². The van der Waals surface area contributed by atoms with Crippen LogP contribution < -0.4 is 10.1 Å². The minimum Gasteiger partial charge on any atom is -0.492 e. The fourth-order valence-corrected chi connectivity index (χ4v) is 4.02. The molecule has 1 saturated carbocycles. The highest BCUT2D eigenvalue weighted by atomic mass is 19.1. The number of amides is 1. The van der Waals surface area contributed by atoms with Gasteiger partial charge in [0, 0.05) is 24.1 Å². The molecule has 3 aromatic rings. The highest BCUT2D eigenvalue weighted by Gasteiger charge is 2.42. The number of hydrogen-bond donors (Lipinski definition) is 1. The van der Waals surface area contributed by atoms with Crippen LogP contribution in [0, 0.1) is 5.82 Å². The summed E-state index contributed by atoms with van der Waals surface area (Å²) in [5, 5.41) is 7.17. The van der Waals surface area contributed by atoms with E-state index in [1.807, 2.05) is 42.6 Å². The third kappa shape index (κ3) is 4.31. The largest absolute Gasteiger partial charge is 0.492 e. The van der Waals surface area contributed by atoms with Gasteiger partial charge >= 0.3 is 0 Å². The molecule has 0 unspecified atom stereocenters. The summed E-state index contributed by atoms with van der Waals surface area (Å²) in [5.74, 6) is 0.282. The molecular weight excluding hydrogens is 369 g/mol. The van der Waals surface area contributed by atoms with E-state index in [9.17, 15) is 9.18 Å². The van der Waals surface area contributed by atoms with Crippen molar-refractivity contribution in [3.05, 3.63) is 78.4 Å². The quantitative estimate of drug-likeness (QED) is 0.641. The Kier molecular flexibility index (Phi) is 5.60. The van der Waals surface area contributed by atoms with E-state index in [4.69, 9.17) is 4.74 Å². The lowest BCUT2D eigenvalue weighted by Gasteiger charge is -2.28. The minimum absolute atomic E-state index is 0.0886. The lowest BCUT2D eigenvalue weighted by molar-refractivity contribution is -0.121. The second-order valence-corrected chi connectivity index (χ2v) is 7.40. The first kappa shape index (κ1) is 19.2. The summed E-state index contributed by atoms with van der Waals surface area (Å²) in [6, 6.07) is 15.6. The Morgan fingerprint density at radius 1 is 1.14 bits per heavy atom. The molecule has 5 nitrogen and oxygen atoms in total. The second kappa shape index (κ2) is 8.47. The summed E-state index contributed by atoms with van der Waals surface area (Å²) in [5.41, 5.74) is 0.743. The van der Waals surface area contributed by atoms with Crippen molar-refractivity contribution in [1.82, 2.24) is 9.78 Å². The molecule has 1 fully saturated rings. The second-order valence-electron chi connectivity index (χ2n) is 7.40. The zero-order valence-corrected chi connectivity index (χ0v) is 16.2. The van der Waals surface area contributed by atoms with E-state index in [-0.39, 0.29) is 11.7 Å². The molecule has 1 aromatic heterocycles. The number of carbonyl (C=O) groups excluding carboxylic acids is 1. The van der Waals surface area contributed by atoms with Crippen molar-refractivity contribution in [3.8, 4) is 5.75 Å². The summed E-state index contributed by atoms with van der Waals surface area (Å²) < 4.78 is 21.4. The van der Waals surface area contributed by atoms with Crippen LogP contribution in [0.15, 0.2) is 67.0 Å². The number of hydrogen-bond acceptors (Lipinski definition) is 3. The molecule has 1 N–H and O–H groups in total. The lowest BCUT2D eigenvalue weighted by atomic mass is 9.78. The van der Waals surface area contributed by atoms with Crippen LogP contribution in [0.25, 0.3) is 0 Å². The molecule has 6 heteroatoms. The van der Waals surface area contributed by atoms with Crippen LogP contribution in [0.3, 0.4) is 0 Å². The SMILES string of the molecule is O=C(Nc1cccc(OCCn2cccn2)c1)C1(c2cccc(F)c2)CCCC1. The van der Waals surface area contributed by atoms with Gasteiger partial charge in [-0.25, -0.2) is 4.39 Å². The summed E-state index contributed by atoms with van der Waals surface area (Å²) in [6.07, 6.45) is 6.98. The zero-order valence-electron chi connectivity index (χ0n) is 16.2. The lowest BCUT2D eigenvalue weighted by Crippen LogP contribution is -2.38. The molecule has 2 aromatic carbocycles. The molecule has 1 amide bonds. The Hall–Kier alpha value is -3.15. The van der Waals surface area contributed by atoms with Crippen LogP contribution in [-0.4, -0.2) is 22.3 Å². The molecule has 1 aliphatic carbocycles. The van der Waals surface area contributed by atoms with E-state index in [1.54, 1.807) is 16.9 Å². The number of halogens is 1. The van der Waals surface area contributed by atoms with Crippen molar-refractivity contribution in [3.63, 3.8) is 0 Å². The fraction of sp³-hybridized carbons (Fsp3) is 0.304. The average Bonchev–Trinajstić information content (AvgIpc) is 3.41. The molecule has 1 heterocycles. The highest BCUT2D eigenvalue weighted by Crippen LogP contribution is 2.42. The molecule has 150 valence electrons. The number of nitrogens with one attached hydrogen (secondary N) is 1. The standard InChI is InChI=1S/C23H24FN3O2/c24-19-7-3-6-18(16-19)23(10-1-2-11-23)22(28)26-20-8-4-9-21(17-20)29-15-14-27-13-5-12-25-27/h3-9,12-13,16-17H,1-2,10-11,14-15H2,(H,26,28). The normalized spacial score (nSPS) is 15.2. The zero-order chi connectivity index (χ0) is 20.1. The number of nitrogens with zero attached hydrogens (tertiary/aromatic N) is 2. The van der Waals surface area contributed by atoms with Crippen molar-refractivity contribution >= 4 is 11.6 Å². The summed E-state index contributed by atoms with van der Waals surface area (Å²) in [4.78, 5) is 13.2. The van der Waals surface area contributed by atoms with Crippen molar-refractivity contribution in [2.24, 2.45) is 0 Å². The van der Waals surface area contributed by atoms with E-state index < -0.39 is 5.41 Å². The van der Waals surface area contributed by atoms with E-state index in [0.717, 1.165) is 31.2 Å². The summed E-state index contributed by atoms with van der Waals surface area (Å²) in [6.45, 7) is 1.12. The van der Waals surface area contributed by atoms with Crippen molar-refractivity contribution in [2.45, 2.75) is 37.6 Å². The van der Waals surface area contributed by atoms with Gasteiger partial charge in [-0.3, -0.25) is 9.48 Å². The smallest absolute Gasteiger partial charge is 0.235 e. The molecular formula is C23H24FN3O2. The molecule has 0 radical (unpaired) electrons. The predicted molar refractivity (Wildman–Crippen MR) is 109 cm³/mol. The van der Waals surface area contributed by atoms with Gasteiger partial charge in [-0.05, 0) is 48.7 Å². The van der Waals surface area contributed by atoms with Gasteiger partial charge in [-0.2, -0.15) is 5.10 Å². The van der Waals surface area contributed by atoms with Crippen LogP contribution in [0.1, 0.15) is 31.2 Å². The Balaban J connectivity index is 1.45. The van der Waals surface area contributed by atoms with Gasteiger partial charge in [-0.1, -0.05) is 31.0 Å². The number of aromatic nitrogens is 2. The Morgan fingerprint density at radius 2 is 1.97 bits per heavy atom. The van der Waals surface area contributed by atoms with E-state index in [2.05, 4.69) is 10.4 Å². The topological polar surface area (TPSA) is 56.1 Å². The number of rotatable bonds is 7. The van der Waals surface area contributed by atoms with Crippen molar-refractivity contribution in [2.75, 3.05) is 11.9 Å². The number of carbonyl (C=O) groups is 1. The van der Waals surface area contributed by atoms with Crippen LogP contribution in [0.2, 0.25) is 0 Å². The monoisotopic (exact) mass is 393 g/mol. The van der Waals surface area contributed by atoms with Gasteiger partial charge in [0.25, 0.3) is 0 Å². The average molecular weight is 393 g/mol. The summed E-state index contributed by atoms with van der Waals surface area (Å²) in [7, 11) is 0. The number of ether oxygens (including phenoxy) is 1. The third-order valence-electron chi connectivity index (χ3n) is 5.51. The maximum absolute atomic E-state index is 13.8. The van der Waals surface area contributed by atoms with Gasteiger partial charge in [0.1, 0.15) is 18.2 Å². The van der Waals surface area contributed by atoms with Gasteiger partial charge < -0.3 is 10.1 Å². The van der Waals surface area contributed by atoms with E-state index in [1.165, 1.54) is 12.1 Å². The summed E-state index contributed by atoms with van der Waals surface area (Å²) >= 11 is 0. The van der Waals surface area contributed by atoms with Crippen LogP contribution in [-0.2, 0) is 16.8 Å². The first-order valence-corrected chi connectivity index (χ1v) is 9.94. The molecule has 0 aliphatic heterocycles. The fourth-order valence-electron chi connectivity index (χ4n) is 4.02. The highest BCUT2D eigenvalue weighted by molar-refractivity contribution is 5.99. The van der Waals surface area contributed by atoms with Crippen molar-refractivity contribution < 1.29 is 13.9 Å². The Morgan fingerprint density at radius 3 is 2.72 bits per heavy atom. The minimum atomic E-state index is -0.681. The van der Waals surface area contributed by atoms with Gasteiger partial charge in [0.05, 0.1) is 12.0 Å². The molecule has 1 aliphatic rings. The number of anilines is 1. The molecule has 0 atom stereocenters. The molecule has 0 spiro atoms. The van der Waals surface area contributed by atoms with E-state index in [0.29, 0.717) is 24.6 Å². The molecule has 4 rings (SSSR count). The molecule has 0 saturated heterocycles. The maximum Gasteiger partial charge on any atom is 0.235 e. The third-order valence-corrected chi connectivity index (χ3v) is 5.51. The Bertz CT molecular complexity index is 966.